The minimum atomic E-state index is -0.970. The predicted molar refractivity (Wildman–Crippen MR) is 238 cm³/mol. The molecule has 0 radical (unpaired) electrons. The fraction of sp³-hybridized carbons (Fsp3) is 0.0870. The summed E-state index contributed by atoms with van der Waals surface area (Å²) in [7, 11) is 3.19. The molecule has 0 saturated heterocycles. The number of rotatable bonds is 5. The first kappa shape index (κ1) is 40.9. The summed E-state index contributed by atoms with van der Waals surface area (Å²) >= 11 is 3.34. The van der Waals surface area contributed by atoms with E-state index in [1.54, 1.807) is 66.1 Å². The van der Waals surface area contributed by atoms with Gasteiger partial charge >= 0.3 is 0 Å². The lowest BCUT2D eigenvalue weighted by Gasteiger charge is -2.11. The van der Waals surface area contributed by atoms with Crippen LogP contribution >= 0.6 is 15.9 Å². The monoisotopic (exact) mass is 892 g/mol. The van der Waals surface area contributed by atoms with Crippen molar-refractivity contribution in [2.45, 2.75) is 12.3 Å². The van der Waals surface area contributed by atoms with E-state index in [0.29, 0.717) is 66.4 Å². The van der Waals surface area contributed by atoms with Crippen LogP contribution in [-0.4, -0.2) is 52.1 Å². The second-order valence-electron chi connectivity index (χ2n) is 13.5. The van der Waals surface area contributed by atoms with E-state index in [1.165, 1.54) is 6.20 Å². The van der Waals surface area contributed by atoms with Gasteiger partial charge in [-0.25, -0.2) is 15.0 Å². The second-order valence-corrected chi connectivity index (χ2v) is 14.3. The zero-order chi connectivity index (χ0) is 44.2. The number of hydrogen-bond acceptors (Lipinski definition) is 12. The van der Waals surface area contributed by atoms with Crippen molar-refractivity contribution in [3.05, 3.63) is 153 Å². The van der Waals surface area contributed by atoms with E-state index in [2.05, 4.69) is 25.9 Å². The van der Waals surface area contributed by atoms with Crippen LogP contribution in [0.1, 0.15) is 18.0 Å². The molecule has 0 atom stereocenters. The highest BCUT2D eigenvalue weighted by molar-refractivity contribution is 9.10. The predicted octanol–water partition coefficient (Wildman–Crippen LogP) is 7.71. The Morgan fingerprint density at radius 3 is 1.44 bits per heavy atom. The number of ether oxygens (including phenoxy) is 2. The summed E-state index contributed by atoms with van der Waals surface area (Å²) in [6.07, 6.45) is 6.77. The van der Waals surface area contributed by atoms with Crippen LogP contribution in [0, 0.1) is 45.3 Å². The molecule has 0 aliphatic rings. The summed E-state index contributed by atoms with van der Waals surface area (Å²) < 4.78 is 18.3. The lowest BCUT2D eigenvalue weighted by molar-refractivity contribution is 0.412. The molecule has 8 aromatic heterocycles. The summed E-state index contributed by atoms with van der Waals surface area (Å²) in [5.74, 6) is 0.337. The van der Waals surface area contributed by atoms with Gasteiger partial charge in [0.05, 0.1) is 80.4 Å². The third kappa shape index (κ3) is 7.38. The second kappa shape index (κ2) is 17.4. The molecule has 63 heavy (non-hydrogen) atoms. The third-order valence-corrected chi connectivity index (χ3v) is 10.4. The van der Waals surface area contributed by atoms with Crippen LogP contribution in [0.2, 0.25) is 0 Å². The normalized spacial score (nSPS) is 10.7. The molecule has 0 spiro atoms. The maximum Gasteiger partial charge on any atom is 0.264 e. The van der Waals surface area contributed by atoms with Crippen LogP contribution in [0.15, 0.2) is 136 Å². The van der Waals surface area contributed by atoms with Crippen LogP contribution in [0.25, 0.3) is 66.5 Å². The van der Waals surface area contributed by atoms with Crippen LogP contribution < -0.4 is 20.6 Å². The number of hydrogen-bond donors (Lipinski definition) is 0. The van der Waals surface area contributed by atoms with Gasteiger partial charge in [-0.2, -0.15) is 21.0 Å². The molecule has 0 unspecified atom stereocenters. The minimum absolute atomic E-state index is 0. The molecule has 10 rings (SSSR count). The molecule has 10 aromatic rings. The Bertz CT molecular complexity index is 3670. The van der Waals surface area contributed by atoms with Crippen LogP contribution in [0.5, 0.6) is 11.5 Å². The topological polar surface area (TPSA) is 218 Å². The first-order valence-corrected chi connectivity index (χ1v) is 19.6. The molecule has 0 fully saturated rings. The Labute approximate surface area is 364 Å². The number of nitriles is 4. The van der Waals surface area contributed by atoms with Gasteiger partial charge in [0, 0.05) is 21.5 Å². The average molecular weight is 894 g/mol. The summed E-state index contributed by atoms with van der Waals surface area (Å²) in [5, 5.41) is 36.1. The van der Waals surface area contributed by atoms with Crippen LogP contribution in [0.4, 0.5) is 0 Å². The highest BCUT2D eigenvalue weighted by atomic mass is 79.9. The minimum Gasteiger partial charge on any atom is -0.495 e. The van der Waals surface area contributed by atoms with Gasteiger partial charge in [-0.15, -0.1) is 0 Å². The maximum absolute atomic E-state index is 13.5. The first-order chi connectivity index (χ1) is 30.7. The number of pyridine rings is 6. The number of methoxy groups -OCH3 is 2. The Hall–Kier alpha value is -8.90. The quantitative estimate of drug-likeness (QED) is 0.152. The van der Waals surface area contributed by atoms with Gasteiger partial charge in [-0.05, 0) is 76.6 Å². The van der Waals surface area contributed by atoms with E-state index in [0.717, 1.165) is 21.9 Å². The fourth-order valence-electron chi connectivity index (χ4n) is 7.12. The smallest absolute Gasteiger partial charge is 0.264 e. The number of imidazole rings is 2. The molecule has 2 aromatic carbocycles. The van der Waals surface area contributed by atoms with Crippen molar-refractivity contribution < 1.29 is 9.47 Å². The van der Waals surface area contributed by atoms with E-state index in [-0.39, 0.29) is 17.5 Å². The molecule has 0 aliphatic carbocycles. The van der Waals surface area contributed by atoms with Gasteiger partial charge in [0.15, 0.2) is 17.2 Å². The molecule has 0 bridgehead atoms. The number of aromatic nitrogens is 8. The first-order valence-electron chi connectivity index (χ1n) is 18.9. The molecule has 0 aliphatic heterocycles. The standard InChI is InChI=1S/C23H14N6O2.C20H13BrN4O2.C3H2N2/c1-31-16-7-9-20-27-21-17-4-2-3-5-18(17)23(30)29(22(21)28(20)13-16)15-6-8-19(26-12-15)14(10-24)11-25;1-27-13-7-9-17-23-18-14-4-2-3-5-15(14)20(26)25(19(18)24(17)11-13)12-6-8-16(21)22-10-12;4-2-1-3-5/h2-9,12-14H,1H3;2-11H,1H3;1H2. The Morgan fingerprint density at radius 1 is 0.603 bits per heavy atom. The molecule has 304 valence electrons. The molecule has 8 heterocycles. The summed E-state index contributed by atoms with van der Waals surface area (Å²) in [6, 6.07) is 36.3. The summed E-state index contributed by atoms with van der Waals surface area (Å²) in [5.41, 5.74) is 5.23. The zero-order valence-electron chi connectivity index (χ0n) is 33.2. The summed E-state index contributed by atoms with van der Waals surface area (Å²) in [6.45, 7) is 0. The van der Waals surface area contributed by atoms with Crippen molar-refractivity contribution >= 4 is 71.1 Å². The Balaban J connectivity index is 0.000000157. The van der Waals surface area contributed by atoms with Crippen molar-refractivity contribution in [1.29, 1.82) is 21.0 Å². The van der Waals surface area contributed by atoms with Crippen molar-refractivity contribution in [2.75, 3.05) is 14.2 Å². The Kier molecular flexibility index (Phi) is 11.3. The summed E-state index contributed by atoms with van der Waals surface area (Å²) in [4.78, 5) is 45.0. The SMILES string of the molecule is COc1ccc2nc3c4ccccc4c(=O)n(-c4ccc(Br)nc4)c3n2c1.COc1ccc2nc3c4ccccc4c(=O)n(-c4ccc(C(C#N)C#N)nc4)c3n2c1.N#CCC#N. The van der Waals surface area contributed by atoms with E-state index in [4.69, 9.17) is 40.5 Å². The third-order valence-electron chi connectivity index (χ3n) is 9.97. The molecule has 0 saturated carbocycles. The molecule has 0 amide bonds. The van der Waals surface area contributed by atoms with Crippen molar-refractivity contribution in [3.63, 3.8) is 0 Å². The highest BCUT2D eigenvalue weighted by Crippen LogP contribution is 2.29. The van der Waals surface area contributed by atoms with Gasteiger partial charge in [0.25, 0.3) is 11.1 Å². The molecule has 16 nitrogen and oxygen atoms in total. The molecule has 0 N–H and O–H groups in total. The lowest BCUT2D eigenvalue weighted by atomic mass is 10.1. The number of nitrogens with zero attached hydrogens (tertiary/aromatic N) is 12. The van der Waals surface area contributed by atoms with E-state index in [1.807, 2.05) is 106 Å². The molecule has 17 heteroatoms. The van der Waals surface area contributed by atoms with E-state index in [9.17, 15) is 9.59 Å². The van der Waals surface area contributed by atoms with Crippen molar-refractivity contribution in [3.8, 4) is 47.2 Å². The maximum atomic E-state index is 13.5. The largest absolute Gasteiger partial charge is 0.495 e. The molecular weight excluding hydrogens is 864 g/mol. The number of benzene rings is 2. The molecular formula is C46H29BrN12O4. The lowest BCUT2D eigenvalue weighted by Crippen LogP contribution is -2.20. The van der Waals surface area contributed by atoms with Crippen LogP contribution in [-0.2, 0) is 0 Å². The Morgan fingerprint density at radius 2 is 1.06 bits per heavy atom. The van der Waals surface area contributed by atoms with Gasteiger partial charge in [-0.3, -0.25) is 32.5 Å². The zero-order valence-corrected chi connectivity index (χ0v) is 34.8. The van der Waals surface area contributed by atoms with Crippen molar-refractivity contribution in [2.24, 2.45) is 0 Å². The van der Waals surface area contributed by atoms with E-state index >= 15 is 0 Å². The van der Waals surface area contributed by atoms with Gasteiger partial charge in [0.2, 0.25) is 0 Å². The average Bonchev–Trinajstić information content (AvgIpc) is 3.90. The van der Waals surface area contributed by atoms with E-state index < -0.39 is 5.92 Å². The number of fused-ring (bicyclic) bond motifs is 10. The number of halogens is 1. The van der Waals surface area contributed by atoms with Gasteiger partial charge in [0.1, 0.15) is 44.9 Å². The van der Waals surface area contributed by atoms with Crippen molar-refractivity contribution in [1.82, 2.24) is 37.9 Å². The highest BCUT2D eigenvalue weighted by Gasteiger charge is 2.20. The fourth-order valence-corrected chi connectivity index (χ4v) is 7.35. The van der Waals surface area contributed by atoms with Gasteiger partial charge in [-0.1, -0.05) is 36.4 Å². The van der Waals surface area contributed by atoms with Crippen LogP contribution in [0.3, 0.4) is 0 Å². The van der Waals surface area contributed by atoms with Gasteiger partial charge < -0.3 is 9.47 Å².